The average molecular weight is 294 g/mol. The van der Waals surface area contributed by atoms with Gasteiger partial charge in [-0.15, -0.1) is 0 Å². The SMILES string of the molecule is CCOC(=O)C1(NCCCN=[N+]=[N-])CCCC(C2CC2)C1. The fraction of sp³-hybridized carbons (Fsp3) is 0.933. The first kappa shape index (κ1) is 16.1. The lowest BCUT2D eigenvalue weighted by molar-refractivity contribution is -0.153. The zero-order chi connectivity index (χ0) is 15.1. The Balaban J connectivity index is 1.95. The second-order valence-corrected chi connectivity index (χ2v) is 6.23. The smallest absolute Gasteiger partial charge is 0.326 e. The quantitative estimate of drug-likeness (QED) is 0.245. The molecule has 0 bridgehead atoms. The number of nitrogens with zero attached hydrogens (tertiary/aromatic N) is 3. The first-order valence-electron chi connectivity index (χ1n) is 8.15. The van der Waals surface area contributed by atoms with Gasteiger partial charge in [-0.3, -0.25) is 4.79 Å². The van der Waals surface area contributed by atoms with Crippen LogP contribution in [0.25, 0.3) is 10.4 Å². The van der Waals surface area contributed by atoms with Crippen LogP contribution in [0.5, 0.6) is 0 Å². The molecule has 0 saturated heterocycles. The van der Waals surface area contributed by atoms with Crippen molar-refractivity contribution in [1.82, 2.24) is 5.32 Å². The third-order valence-corrected chi connectivity index (χ3v) is 4.71. The summed E-state index contributed by atoms with van der Waals surface area (Å²) >= 11 is 0. The highest BCUT2D eigenvalue weighted by atomic mass is 16.5. The first-order valence-corrected chi connectivity index (χ1v) is 8.15. The fourth-order valence-electron chi connectivity index (χ4n) is 3.50. The number of nitrogens with one attached hydrogen (secondary N) is 1. The van der Waals surface area contributed by atoms with Gasteiger partial charge in [-0.05, 0) is 62.9 Å². The number of esters is 1. The highest BCUT2D eigenvalue weighted by Crippen LogP contribution is 2.46. The zero-order valence-electron chi connectivity index (χ0n) is 12.9. The molecule has 0 aromatic rings. The largest absolute Gasteiger partial charge is 0.465 e. The third-order valence-electron chi connectivity index (χ3n) is 4.71. The number of hydrogen-bond acceptors (Lipinski definition) is 4. The molecular weight excluding hydrogens is 268 g/mol. The highest BCUT2D eigenvalue weighted by molar-refractivity contribution is 5.81. The van der Waals surface area contributed by atoms with Crippen molar-refractivity contribution in [3.8, 4) is 0 Å². The molecule has 0 amide bonds. The van der Waals surface area contributed by atoms with Gasteiger partial charge in [-0.25, -0.2) is 0 Å². The van der Waals surface area contributed by atoms with Gasteiger partial charge in [0.05, 0.1) is 6.61 Å². The van der Waals surface area contributed by atoms with Gasteiger partial charge in [0.25, 0.3) is 0 Å². The normalized spacial score (nSPS) is 28.7. The van der Waals surface area contributed by atoms with Gasteiger partial charge in [0, 0.05) is 11.5 Å². The molecule has 0 aliphatic heterocycles. The van der Waals surface area contributed by atoms with E-state index in [1.165, 1.54) is 19.3 Å². The van der Waals surface area contributed by atoms with E-state index >= 15 is 0 Å². The Bertz CT molecular complexity index is 404. The maximum Gasteiger partial charge on any atom is 0.326 e. The van der Waals surface area contributed by atoms with Gasteiger partial charge >= 0.3 is 5.97 Å². The maximum atomic E-state index is 12.5. The van der Waals surface area contributed by atoms with Gasteiger partial charge in [0.2, 0.25) is 0 Å². The summed E-state index contributed by atoms with van der Waals surface area (Å²) in [5, 5.41) is 6.97. The van der Waals surface area contributed by atoms with Crippen molar-refractivity contribution in [2.24, 2.45) is 17.0 Å². The topological polar surface area (TPSA) is 87.1 Å². The number of azide groups is 1. The summed E-state index contributed by atoms with van der Waals surface area (Å²) in [5.74, 6) is 1.39. The minimum atomic E-state index is -0.516. The molecule has 2 saturated carbocycles. The number of rotatable bonds is 8. The highest BCUT2D eigenvalue weighted by Gasteiger charge is 2.47. The Morgan fingerprint density at radius 1 is 1.43 bits per heavy atom. The molecule has 21 heavy (non-hydrogen) atoms. The predicted octanol–water partition coefficient (Wildman–Crippen LogP) is 3.18. The summed E-state index contributed by atoms with van der Waals surface area (Å²) in [5.41, 5.74) is 7.77. The van der Waals surface area contributed by atoms with Crippen molar-refractivity contribution in [1.29, 1.82) is 0 Å². The molecule has 0 heterocycles. The third kappa shape index (κ3) is 4.35. The lowest BCUT2D eigenvalue weighted by Crippen LogP contribution is -2.56. The Hall–Kier alpha value is -1.26. The van der Waals surface area contributed by atoms with Crippen molar-refractivity contribution < 1.29 is 9.53 Å². The van der Waals surface area contributed by atoms with Gasteiger partial charge in [0.15, 0.2) is 0 Å². The summed E-state index contributed by atoms with van der Waals surface area (Å²) in [6.07, 6.45) is 7.48. The van der Waals surface area contributed by atoms with Crippen molar-refractivity contribution >= 4 is 5.97 Å². The van der Waals surface area contributed by atoms with Crippen LogP contribution < -0.4 is 5.32 Å². The monoisotopic (exact) mass is 294 g/mol. The Kier molecular flexibility index (Phi) is 5.88. The van der Waals surface area contributed by atoms with Crippen LogP contribution in [0.4, 0.5) is 0 Å². The van der Waals surface area contributed by atoms with Crippen molar-refractivity contribution in [3.63, 3.8) is 0 Å². The fourth-order valence-corrected chi connectivity index (χ4v) is 3.50. The molecular formula is C15H26N4O2. The molecule has 118 valence electrons. The van der Waals surface area contributed by atoms with E-state index in [0.717, 1.165) is 31.6 Å². The van der Waals surface area contributed by atoms with E-state index in [2.05, 4.69) is 15.3 Å². The van der Waals surface area contributed by atoms with E-state index in [-0.39, 0.29) is 5.97 Å². The molecule has 2 fully saturated rings. The van der Waals surface area contributed by atoms with E-state index in [0.29, 0.717) is 25.6 Å². The minimum Gasteiger partial charge on any atom is -0.465 e. The van der Waals surface area contributed by atoms with Crippen LogP contribution in [-0.4, -0.2) is 31.2 Å². The van der Waals surface area contributed by atoms with E-state index in [1.54, 1.807) is 0 Å². The molecule has 0 spiro atoms. The Labute approximate surface area is 126 Å². The van der Waals surface area contributed by atoms with E-state index < -0.39 is 5.54 Å². The molecule has 1 N–H and O–H groups in total. The molecule has 0 aromatic carbocycles. The number of ether oxygens (including phenoxy) is 1. The molecule has 2 aliphatic rings. The van der Waals surface area contributed by atoms with Crippen LogP contribution >= 0.6 is 0 Å². The summed E-state index contributed by atoms with van der Waals surface area (Å²) in [4.78, 5) is 15.2. The molecule has 6 nitrogen and oxygen atoms in total. The molecule has 2 atom stereocenters. The predicted molar refractivity (Wildman–Crippen MR) is 80.7 cm³/mol. The van der Waals surface area contributed by atoms with Gasteiger partial charge in [0.1, 0.15) is 5.54 Å². The maximum absolute atomic E-state index is 12.5. The number of hydrogen-bond donors (Lipinski definition) is 1. The van der Waals surface area contributed by atoms with Crippen LogP contribution in [0.3, 0.4) is 0 Å². The average Bonchev–Trinajstić information content (AvgIpc) is 3.32. The Morgan fingerprint density at radius 3 is 2.90 bits per heavy atom. The van der Waals surface area contributed by atoms with Crippen LogP contribution in [-0.2, 0) is 9.53 Å². The Morgan fingerprint density at radius 2 is 2.24 bits per heavy atom. The van der Waals surface area contributed by atoms with Crippen molar-refractivity contribution in [2.75, 3.05) is 19.7 Å². The van der Waals surface area contributed by atoms with E-state index in [4.69, 9.17) is 10.3 Å². The van der Waals surface area contributed by atoms with Gasteiger partial charge in [-0.2, -0.15) is 0 Å². The molecule has 2 rings (SSSR count). The van der Waals surface area contributed by atoms with Gasteiger partial charge in [-0.1, -0.05) is 18.0 Å². The van der Waals surface area contributed by atoms with Crippen LogP contribution in [0, 0.1) is 11.8 Å². The molecule has 2 unspecified atom stereocenters. The summed E-state index contributed by atoms with van der Waals surface area (Å²) < 4.78 is 5.33. The van der Waals surface area contributed by atoms with Crippen LogP contribution in [0.2, 0.25) is 0 Å². The summed E-state index contributed by atoms with van der Waals surface area (Å²) in [6.45, 7) is 3.44. The van der Waals surface area contributed by atoms with Crippen LogP contribution in [0.1, 0.15) is 51.9 Å². The molecule has 0 radical (unpaired) electrons. The first-order chi connectivity index (χ1) is 10.2. The standard InChI is InChI=1S/C15H26N4O2/c1-2-21-14(20)15(17-9-4-10-18-19-16)8-3-5-13(11-15)12-6-7-12/h12-13,17H,2-11H2,1H3. The van der Waals surface area contributed by atoms with Gasteiger partial charge < -0.3 is 10.1 Å². The molecule has 6 heteroatoms. The van der Waals surface area contributed by atoms with Crippen molar-refractivity contribution in [2.45, 2.75) is 57.4 Å². The number of carbonyl (C=O) groups excluding carboxylic acids is 1. The van der Waals surface area contributed by atoms with E-state index in [9.17, 15) is 4.79 Å². The van der Waals surface area contributed by atoms with E-state index in [1.807, 2.05) is 6.92 Å². The van der Waals surface area contributed by atoms with Crippen LogP contribution in [0.15, 0.2) is 5.11 Å². The summed E-state index contributed by atoms with van der Waals surface area (Å²) in [7, 11) is 0. The lowest BCUT2D eigenvalue weighted by atomic mass is 9.73. The second-order valence-electron chi connectivity index (χ2n) is 6.23. The zero-order valence-corrected chi connectivity index (χ0v) is 12.9. The van der Waals surface area contributed by atoms with Crippen molar-refractivity contribution in [3.05, 3.63) is 10.4 Å². The molecule has 2 aliphatic carbocycles. The summed E-state index contributed by atoms with van der Waals surface area (Å²) in [6, 6.07) is 0. The molecule has 0 aromatic heterocycles. The minimum absolute atomic E-state index is 0.0980. The lowest BCUT2D eigenvalue weighted by Gasteiger charge is -2.40. The number of carbonyl (C=O) groups is 1. The second kappa shape index (κ2) is 7.66.